The van der Waals surface area contributed by atoms with Gasteiger partial charge in [0, 0.05) is 25.2 Å². The van der Waals surface area contributed by atoms with E-state index in [2.05, 4.69) is 41.2 Å². The van der Waals surface area contributed by atoms with Crippen molar-refractivity contribution in [3.63, 3.8) is 0 Å². The van der Waals surface area contributed by atoms with Gasteiger partial charge in [-0.15, -0.1) is 11.3 Å². The first-order chi connectivity index (χ1) is 17.0. The molecule has 1 saturated heterocycles. The molecule has 0 saturated carbocycles. The topological polar surface area (TPSA) is 102 Å². The van der Waals surface area contributed by atoms with E-state index in [0.29, 0.717) is 23.3 Å². The molecule has 2 atom stereocenters. The average Bonchev–Trinajstić information content (AvgIpc) is 3.15. The number of aromatic nitrogens is 4. The number of anilines is 1. The molecule has 1 N–H and O–H groups in total. The number of pyridine rings is 1. The zero-order chi connectivity index (χ0) is 26.0. The number of ether oxygens (including phenoxy) is 2. The molecule has 36 heavy (non-hydrogen) atoms. The second kappa shape index (κ2) is 10.6. The summed E-state index contributed by atoms with van der Waals surface area (Å²) in [5.41, 5.74) is 0.901. The number of piperidine rings is 1. The highest BCUT2D eigenvalue weighted by molar-refractivity contribution is 9.10. The Kier molecular flexibility index (Phi) is 7.74. The van der Waals surface area contributed by atoms with Crippen LogP contribution in [0.3, 0.4) is 0 Å². The fourth-order valence-electron chi connectivity index (χ4n) is 3.69. The van der Waals surface area contributed by atoms with Crippen molar-refractivity contribution in [1.29, 1.82) is 0 Å². The van der Waals surface area contributed by atoms with Gasteiger partial charge in [0.15, 0.2) is 0 Å². The van der Waals surface area contributed by atoms with Crippen molar-refractivity contribution < 1.29 is 18.7 Å². The van der Waals surface area contributed by atoms with E-state index < -0.39 is 17.9 Å². The maximum atomic E-state index is 14.5. The number of nitrogens with one attached hydrogen (secondary N) is 1. The van der Waals surface area contributed by atoms with E-state index in [9.17, 15) is 9.18 Å². The molecule has 0 unspecified atom stereocenters. The van der Waals surface area contributed by atoms with Crippen molar-refractivity contribution in [3.05, 3.63) is 39.7 Å². The average molecular weight is 579 g/mol. The number of aryl methyl sites for hydroxylation is 2. The summed E-state index contributed by atoms with van der Waals surface area (Å²) >= 11 is 4.84. The third-order valence-electron chi connectivity index (χ3n) is 5.18. The highest BCUT2D eigenvalue weighted by Crippen LogP contribution is 2.37. The molecule has 1 aliphatic rings. The quantitative estimate of drug-likeness (QED) is 0.372. The molecule has 1 amide bonds. The van der Waals surface area contributed by atoms with Crippen LogP contribution in [0.15, 0.2) is 29.1 Å². The number of rotatable bonds is 5. The zero-order valence-electron chi connectivity index (χ0n) is 20.7. The lowest BCUT2D eigenvalue weighted by Crippen LogP contribution is -2.51. The number of halogens is 2. The molecule has 12 heteroatoms. The van der Waals surface area contributed by atoms with E-state index in [1.807, 2.05) is 19.9 Å². The van der Waals surface area contributed by atoms with Crippen LogP contribution in [-0.4, -0.2) is 61.8 Å². The Labute approximate surface area is 221 Å². The highest BCUT2D eigenvalue weighted by atomic mass is 79.9. The van der Waals surface area contributed by atoms with Gasteiger partial charge in [-0.3, -0.25) is 0 Å². The van der Waals surface area contributed by atoms with Crippen molar-refractivity contribution in [1.82, 2.24) is 24.8 Å². The van der Waals surface area contributed by atoms with Gasteiger partial charge in [-0.1, -0.05) is 0 Å². The Morgan fingerprint density at radius 2 is 2.03 bits per heavy atom. The molecule has 0 spiro atoms. The van der Waals surface area contributed by atoms with Gasteiger partial charge in [0.1, 0.15) is 27.0 Å². The van der Waals surface area contributed by atoms with Crippen LogP contribution in [0.1, 0.15) is 37.8 Å². The maximum Gasteiger partial charge on any atom is 0.410 e. The summed E-state index contributed by atoms with van der Waals surface area (Å²) in [6.07, 6.45) is 1.76. The van der Waals surface area contributed by atoms with Crippen LogP contribution in [0.4, 0.5) is 15.1 Å². The molecule has 0 radical (unpaired) electrons. The summed E-state index contributed by atoms with van der Waals surface area (Å²) in [5, 5.41) is 3.99. The minimum atomic E-state index is -1.18. The van der Waals surface area contributed by atoms with E-state index in [-0.39, 0.29) is 25.6 Å². The summed E-state index contributed by atoms with van der Waals surface area (Å²) in [5.74, 6) is 1.31. The number of nitrogens with zero attached hydrogens (tertiary/aromatic N) is 5. The van der Waals surface area contributed by atoms with Gasteiger partial charge < -0.3 is 19.7 Å². The van der Waals surface area contributed by atoms with Gasteiger partial charge in [0.25, 0.3) is 0 Å². The van der Waals surface area contributed by atoms with Gasteiger partial charge in [-0.25, -0.2) is 29.1 Å². The van der Waals surface area contributed by atoms with E-state index in [1.165, 1.54) is 16.2 Å². The Hall–Kier alpha value is -2.86. The normalized spacial score (nSPS) is 18.1. The lowest BCUT2D eigenvalue weighted by atomic mass is 10.0. The van der Waals surface area contributed by atoms with Gasteiger partial charge in [-0.2, -0.15) is 0 Å². The molecule has 0 aliphatic carbocycles. The number of hydrogen-bond donors (Lipinski definition) is 1. The third-order valence-corrected chi connectivity index (χ3v) is 6.98. The molecule has 1 aliphatic heterocycles. The number of likely N-dealkylation sites (tertiary alicyclic amines) is 1. The van der Waals surface area contributed by atoms with E-state index in [0.717, 1.165) is 20.1 Å². The minimum absolute atomic E-state index is 0.000774. The van der Waals surface area contributed by atoms with Crippen LogP contribution in [0.5, 0.6) is 11.6 Å². The molecule has 0 aromatic carbocycles. The third kappa shape index (κ3) is 6.67. The van der Waals surface area contributed by atoms with Crippen molar-refractivity contribution in [2.45, 2.75) is 58.9 Å². The molecule has 1 fully saturated rings. The van der Waals surface area contributed by atoms with Gasteiger partial charge in [0.05, 0.1) is 23.4 Å². The molecule has 4 rings (SSSR count). The first kappa shape index (κ1) is 26.2. The Balaban J connectivity index is 1.51. The fraction of sp³-hybridized carbons (Fsp3) is 0.458. The monoisotopic (exact) mass is 578 g/mol. The molecule has 4 heterocycles. The predicted molar refractivity (Wildman–Crippen MR) is 139 cm³/mol. The molecular formula is C24H28BrFN6O3S. The summed E-state index contributed by atoms with van der Waals surface area (Å²) < 4.78 is 26.7. The molecule has 3 aromatic rings. The Morgan fingerprint density at radius 3 is 2.75 bits per heavy atom. The molecule has 9 nitrogen and oxygen atoms in total. The summed E-state index contributed by atoms with van der Waals surface area (Å²) in [7, 11) is 0. The van der Waals surface area contributed by atoms with Crippen molar-refractivity contribution >= 4 is 39.3 Å². The maximum absolute atomic E-state index is 14.5. The minimum Gasteiger partial charge on any atom is -0.444 e. The van der Waals surface area contributed by atoms with Crippen LogP contribution in [0, 0.1) is 13.8 Å². The number of hydrogen-bond acceptors (Lipinski definition) is 9. The SMILES string of the molecule is Cc1nc(Oc2cnc(Br)c(C)c2)c(-c2ccnc(N[C@H]3C[C@H](F)CN(C(=O)OC(C)(C)C)C3)n2)s1. The van der Waals surface area contributed by atoms with E-state index >= 15 is 0 Å². The first-order valence-corrected chi connectivity index (χ1v) is 13.1. The van der Waals surface area contributed by atoms with Crippen molar-refractivity contribution in [3.8, 4) is 22.2 Å². The summed E-state index contributed by atoms with van der Waals surface area (Å²) in [4.78, 5) is 32.3. The Bertz CT molecular complexity index is 1250. The highest BCUT2D eigenvalue weighted by Gasteiger charge is 2.33. The van der Waals surface area contributed by atoms with Crippen LogP contribution in [-0.2, 0) is 4.74 Å². The van der Waals surface area contributed by atoms with Crippen molar-refractivity contribution in [2.24, 2.45) is 0 Å². The zero-order valence-corrected chi connectivity index (χ0v) is 23.1. The number of carbonyl (C=O) groups is 1. The van der Waals surface area contributed by atoms with Gasteiger partial charge in [0.2, 0.25) is 11.8 Å². The first-order valence-electron chi connectivity index (χ1n) is 11.5. The van der Waals surface area contributed by atoms with E-state index in [4.69, 9.17) is 9.47 Å². The predicted octanol–water partition coefficient (Wildman–Crippen LogP) is 5.93. The standard InChI is InChI=1S/C24H28BrFN6O3S/c1-13-8-17(10-28-20(13)25)34-21-19(36-14(2)29-21)18-6-7-27-22(31-18)30-16-9-15(26)11-32(12-16)23(33)35-24(3,4)5/h6-8,10,15-16H,9,11-12H2,1-5H3,(H,27,30,31)/t15-,16-/m0/s1. The van der Waals surface area contributed by atoms with Crippen LogP contribution in [0.2, 0.25) is 0 Å². The summed E-state index contributed by atoms with van der Waals surface area (Å²) in [6.45, 7) is 9.45. The summed E-state index contributed by atoms with van der Waals surface area (Å²) in [6, 6.07) is 3.27. The number of amides is 1. The molecular weight excluding hydrogens is 551 g/mol. The number of thiazole rings is 1. The smallest absolute Gasteiger partial charge is 0.410 e. The fourth-order valence-corrected chi connectivity index (χ4v) is 4.73. The lowest BCUT2D eigenvalue weighted by Gasteiger charge is -2.36. The second-order valence-electron chi connectivity index (χ2n) is 9.57. The number of carbonyl (C=O) groups excluding carboxylic acids is 1. The van der Waals surface area contributed by atoms with Gasteiger partial charge in [-0.05, 0) is 68.2 Å². The lowest BCUT2D eigenvalue weighted by molar-refractivity contribution is 0.0124. The molecule has 3 aromatic heterocycles. The van der Waals surface area contributed by atoms with Crippen LogP contribution >= 0.6 is 27.3 Å². The van der Waals surface area contributed by atoms with E-state index in [1.54, 1.807) is 39.2 Å². The van der Waals surface area contributed by atoms with Gasteiger partial charge >= 0.3 is 6.09 Å². The number of alkyl halides is 1. The molecule has 192 valence electrons. The van der Waals surface area contributed by atoms with Crippen LogP contribution < -0.4 is 10.1 Å². The van der Waals surface area contributed by atoms with Crippen LogP contribution in [0.25, 0.3) is 10.6 Å². The second-order valence-corrected chi connectivity index (χ2v) is 11.5. The largest absolute Gasteiger partial charge is 0.444 e. The molecule has 0 bridgehead atoms. The Morgan fingerprint density at radius 1 is 1.25 bits per heavy atom. The van der Waals surface area contributed by atoms with Crippen molar-refractivity contribution in [2.75, 3.05) is 18.4 Å².